The van der Waals surface area contributed by atoms with Gasteiger partial charge in [0, 0.05) is 33.1 Å². The Hall–Kier alpha value is -3.43. The zero-order valence-corrected chi connectivity index (χ0v) is 20.7. The van der Waals surface area contributed by atoms with E-state index in [1.54, 1.807) is 0 Å². The van der Waals surface area contributed by atoms with Gasteiger partial charge in [-0.2, -0.15) is 5.26 Å². The summed E-state index contributed by atoms with van der Waals surface area (Å²) in [5, 5.41) is 18.4. The third-order valence-electron chi connectivity index (χ3n) is 5.12. The van der Waals surface area contributed by atoms with Crippen LogP contribution in [0.2, 0.25) is 0 Å². The second-order valence-corrected chi connectivity index (χ2v) is 9.29. The van der Waals surface area contributed by atoms with Crippen molar-refractivity contribution in [1.82, 2.24) is 10.3 Å². The van der Waals surface area contributed by atoms with Crippen molar-refractivity contribution in [2.45, 2.75) is 47.1 Å². The van der Waals surface area contributed by atoms with Crippen LogP contribution >= 0.6 is 11.3 Å². The quantitative estimate of drug-likeness (QED) is 0.565. The molecule has 1 aliphatic heterocycles. The molecule has 6 heteroatoms. The zero-order chi connectivity index (χ0) is 24.1. The molecule has 0 saturated heterocycles. The topological polar surface area (TPSA) is 77.8 Å². The molecule has 0 bridgehead atoms. The average molecular weight is 459 g/mol. The fraction of sp³-hybridized carbons (Fsp3) is 0.296. The van der Waals surface area contributed by atoms with E-state index < -0.39 is 0 Å². The summed E-state index contributed by atoms with van der Waals surface area (Å²) in [6, 6.07) is 12.0. The predicted molar refractivity (Wildman–Crippen MR) is 137 cm³/mol. The summed E-state index contributed by atoms with van der Waals surface area (Å²) < 4.78 is 0.831. The molecule has 0 aliphatic carbocycles. The van der Waals surface area contributed by atoms with E-state index in [9.17, 15) is 10.1 Å². The van der Waals surface area contributed by atoms with Gasteiger partial charge in [-0.1, -0.05) is 32.9 Å². The fourth-order valence-corrected chi connectivity index (χ4v) is 4.74. The molecule has 3 heterocycles. The number of pyridine rings is 1. The van der Waals surface area contributed by atoms with Gasteiger partial charge < -0.3 is 10.6 Å². The summed E-state index contributed by atoms with van der Waals surface area (Å²) in [6.45, 7) is 15.0. The summed E-state index contributed by atoms with van der Waals surface area (Å²) in [6.07, 6.45) is 3.21. The Morgan fingerprint density at radius 3 is 2.70 bits per heavy atom. The number of anilines is 1. The van der Waals surface area contributed by atoms with Crippen LogP contribution in [0.15, 0.2) is 30.3 Å². The van der Waals surface area contributed by atoms with E-state index in [1.165, 1.54) is 17.8 Å². The van der Waals surface area contributed by atoms with Gasteiger partial charge in [0.05, 0.1) is 28.4 Å². The van der Waals surface area contributed by atoms with Gasteiger partial charge in [-0.3, -0.25) is 4.79 Å². The summed E-state index contributed by atoms with van der Waals surface area (Å²) in [5.41, 5.74) is 4.17. The highest BCUT2D eigenvalue weighted by molar-refractivity contribution is 7.12. The van der Waals surface area contributed by atoms with Crippen LogP contribution in [0, 0.1) is 28.7 Å². The summed E-state index contributed by atoms with van der Waals surface area (Å²) >= 11 is 1.40. The van der Waals surface area contributed by atoms with E-state index in [0.717, 1.165) is 42.8 Å². The maximum absolute atomic E-state index is 12.6. The zero-order valence-electron chi connectivity index (χ0n) is 19.9. The predicted octanol–water partition coefficient (Wildman–Crippen LogP) is 4.45. The van der Waals surface area contributed by atoms with Gasteiger partial charge >= 0.3 is 0 Å². The maximum Gasteiger partial charge on any atom is 0.263 e. The Labute approximate surface area is 198 Å². The molecule has 2 aromatic heterocycles. The molecule has 0 saturated carbocycles. The summed E-state index contributed by atoms with van der Waals surface area (Å²) in [5.74, 6) is -0.0703. The van der Waals surface area contributed by atoms with Gasteiger partial charge in [-0.25, -0.2) is 4.98 Å². The van der Waals surface area contributed by atoms with E-state index in [-0.39, 0.29) is 11.9 Å². The average Bonchev–Trinajstić information content (AvgIpc) is 3.06. The van der Waals surface area contributed by atoms with Crippen molar-refractivity contribution < 1.29 is 4.79 Å². The first kappa shape index (κ1) is 24.2. The molecule has 170 valence electrons. The number of amides is 1. The van der Waals surface area contributed by atoms with Crippen molar-refractivity contribution in [3.8, 4) is 17.3 Å². The molecule has 33 heavy (non-hydrogen) atoms. The van der Waals surface area contributed by atoms with Crippen LogP contribution < -0.4 is 20.5 Å². The largest absolute Gasteiger partial charge is 0.381 e. The minimum Gasteiger partial charge on any atom is -0.381 e. The van der Waals surface area contributed by atoms with Crippen LogP contribution in [0.25, 0.3) is 23.9 Å². The standard InChI is InChI=1S/C24H22N4OS.C3H8/c1-5-19-18(6-7-20(28-19)17-9-13(2)8-16(10-17)11-25)21-15(4)30-23-22(21)26-12-14(3)27-24(23)29;1-3-2/h5-10,14,26H,4,12H2,1-3H3,(H,27,29);3H2,1-2H3/b19-5+,21-18+;/t14-;/m1./s1. The van der Waals surface area contributed by atoms with Crippen molar-refractivity contribution in [3.05, 3.63) is 66.7 Å². The number of rotatable bonds is 1. The lowest BCUT2D eigenvalue weighted by Crippen LogP contribution is -2.34. The monoisotopic (exact) mass is 458 g/mol. The van der Waals surface area contributed by atoms with Crippen molar-refractivity contribution >= 4 is 35.6 Å². The van der Waals surface area contributed by atoms with Crippen molar-refractivity contribution in [1.29, 1.82) is 5.26 Å². The Morgan fingerprint density at radius 2 is 2.03 bits per heavy atom. The SMILES string of the molecule is C=c1sc2c(/c1=c1\ccc(-c3cc(C)cc(C#N)c3)n\c1=C\C)NC[C@@H](C)NC2=O.CCC. The Kier molecular flexibility index (Phi) is 7.67. The smallest absolute Gasteiger partial charge is 0.263 e. The number of fused-ring (bicyclic) bond motifs is 1. The van der Waals surface area contributed by atoms with Crippen molar-refractivity contribution in [3.63, 3.8) is 0 Å². The molecular weight excluding hydrogens is 428 g/mol. The minimum absolute atomic E-state index is 0.0478. The molecule has 1 aliphatic rings. The van der Waals surface area contributed by atoms with Crippen LogP contribution in [-0.2, 0) is 0 Å². The fourth-order valence-electron chi connectivity index (χ4n) is 3.75. The number of carbonyl (C=O) groups is 1. The molecule has 0 fully saturated rings. The molecule has 1 amide bonds. The molecule has 1 aromatic carbocycles. The van der Waals surface area contributed by atoms with Gasteiger partial charge in [0.2, 0.25) is 0 Å². The molecular formula is C27H30N4OS. The number of nitrogens with one attached hydrogen (secondary N) is 2. The van der Waals surface area contributed by atoms with Crippen molar-refractivity contribution in [2.24, 2.45) is 0 Å². The maximum atomic E-state index is 12.6. The summed E-state index contributed by atoms with van der Waals surface area (Å²) in [7, 11) is 0. The third kappa shape index (κ3) is 5.15. The number of nitrogens with zero attached hydrogens (tertiary/aromatic N) is 2. The molecule has 4 rings (SSSR count). The molecule has 2 N–H and O–H groups in total. The van der Waals surface area contributed by atoms with Crippen LogP contribution in [-0.4, -0.2) is 23.5 Å². The van der Waals surface area contributed by atoms with Gasteiger partial charge in [-0.05, 0) is 56.7 Å². The Bertz CT molecular complexity index is 1430. The van der Waals surface area contributed by atoms with Crippen LogP contribution in [0.3, 0.4) is 0 Å². The second kappa shape index (κ2) is 10.5. The lowest BCUT2D eigenvalue weighted by atomic mass is 10.0. The van der Waals surface area contributed by atoms with Crippen molar-refractivity contribution in [2.75, 3.05) is 11.9 Å². The minimum atomic E-state index is -0.0703. The first-order chi connectivity index (χ1) is 15.8. The van der Waals surface area contributed by atoms with Crippen LogP contribution in [0.4, 0.5) is 5.69 Å². The first-order valence-corrected chi connectivity index (χ1v) is 12.0. The molecule has 0 spiro atoms. The summed E-state index contributed by atoms with van der Waals surface area (Å²) in [4.78, 5) is 18.1. The lowest BCUT2D eigenvalue weighted by molar-refractivity contribution is 0.0949. The van der Waals surface area contributed by atoms with E-state index in [4.69, 9.17) is 4.98 Å². The number of aromatic nitrogens is 1. The van der Waals surface area contributed by atoms with E-state index in [2.05, 4.69) is 37.1 Å². The van der Waals surface area contributed by atoms with E-state index >= 15 is 0 Å². The molecule has 0 radical (unpaired) electrons. The number of hydrogen-bond acceptors (Lipinski definition) is 5. The number of aryl methyl sites for hydroxylation is 1. The van der Waals surface area contributed by atoms with Crippen LogP contribution in [0.5, 0.6) is 0 Å². The highest BCUT2D eigenvalue weighted by Gasteiger charge is 2.22. The normalized spacial score (nSPS) is 16.4. The number of thiophene rings is 1. The third-order valence-corrected chi connectivity index (χ3v) is 6.16. The van der Waals surface area contributed by atoms with E-state index in [1.807, 2.05) is 57.2 Å². The molecule has 5 nitrogen and oxygen atoms in total. The van der Waals surface area contributed by atoms with Gasteiger partial charge in [-0.15, -0.1) is 11.3 Å². The number of benzene rings is 1. The Morgan fingerprint density at radius 1 is 1.30 bits per heavy atom. The molecule has 3 aromatic rings. The van der Waals surface area contributed by atoms with Gasteiger partial charge in [0.25, 0.3) is 5.91 Å². The Balaban J connectivity index is 0.000000968. The first-order valence-electron chi connectivity index (χ1n) is 11.2. The number of nitriles is 1. The highest BCUT2D eigenvalue weighted by atomic mass is 32.1. The van der Waals surface area contributed by atoms with Crippen LogP contribution in [0.1, 0.15) is 54.9 Å². The molecule has 0 unspecified atom stereocenters. The lowest BCUT2D eigenvalue weighted by Gasteiger charge is -2.09. The highest BCUT2D eigenvalue weighted by Crippen LogP contribution is 2.24. The number of carbonyl (C=O) groups excluding carboxylic acids is 1. The second-order valence-electron chi connectivity index (χ2n) is 8.18. The van der Waals surface area contributed by atoms with Gasteiger partial charge in [0.15, 0.2) is 0 Å². The van der Waals surface area contributed by atoms with Gasteiger partial charge in [0.1, 0.15) is 4.88 Å². The number of hydrogen-bond donors (Lipinski definition) is 2. The van der Waals surface area contributed by atoms with E-state index in [0.29, 0.717) is 17.0 Å². The molecule has 1 atom stereocenters.